The van der Waals surface area contributed by atoms with Crippen molar-refractivity contribution in [3.8, 4) is 0 Å². The maximum absolute atomic E-state index is 11.4. The molecule has 6 aromatic heterocycles. The van der Waals surface area contributed by atoms with Crippen molar-refractivity contribution in [3.63, 3.8) is 0 Å². The van der Waals surface area contributed by atoms with Crippen LogP contribution in [0.4, 0.5) is 11.6 Å². The highest BCUT2D eigenvalue weighted by molar-refractivity contribution is 5.86. The lowest BCUT2D eigenvalue weighted by Crippen LogP contribution is -2.51. The van der Waals surface area contributed by atoms with Crippen molar-refractivity contribution in [2.45, 2.75) is 192 Å². The van der Waals surface area contributed by atoms with Gasteiger partial charge in [0.2, 0.25) is 0 Å². The third kappa shape index (κ3) is 10.7. The number of aryl methyl sites for hydroxylation is 2. The molecule has 8 unspecified atom stereocenters. The topological polar surface area (TPSA) is 251 Å². The van der Waals surface area contributed by atoms with E-state index in [-0.39, 0.29) is 34.7 Å². The molecule has 8 aromatic rings. The van der Waals surface area contributed by atoms with Gasteiger partial charge < -0.3 is 50.8 Å². The zero-order chi connectivity index (χ0) is 56.6. The molecule has 4 aliphatic rings. The quantitative estimate of drug-likeness (QED) is 0.0354. The van der Waals surface area contributed by atoms with Crippen molar-refractivity contribution >= 4 is 55.9 Å². The summed E-state index contributed by atoms with van der Waals surface area (Å²) < 4.78 is 3.98. The molecule has 18 heteroatoms. The number of aliphatic hydroxyl groups excluding tert-OH is 3. The van der Waals surface area contributed by atoms with E-state index in [0.717, 1.165) is 122 Å². The number of nitrogens with one attached hydrogen (secondary N) is 2. The molecule has 0 aliphatic heterocycles. The van der Waals surface area contributed by atoms with Gasteiger partial charge in [-0.25, -0.2) is 34.9 Å². The lowest BCUT2D eigenvalue weighted by Gasteiger charge is -2.46. The van der Waals surface area contributed by atoms with E-state index in [1.54, 1.807) is 6.33 Å². The van der Waals surface area contributed by atoms with Crippen LogP contribution in [0.15, 0.2) is 67.6 Å². The minimum atomic E-state index is -0.917. The maximum Gasteiger partial charge on any atom is 0.165 e. The van der Waals surface area contributed by atoms with E-state index in [0.29, 0.717) is 65.1 Å². The summed E-state index contributed by atoms with van der Waals surface area (Å²) in [4.78, 5) is 44.3. The van der Waals surface area contributed by atoms with Crippen LogP contribution in [0.1, 0.15) is 154 Å². The largest absolute Gasteiger partial charge is 0.391 e. The molecule has 4 saturated carbocycles. The van der Waals surface area contributed by atoms with Gasteiger partial charge in [0.05, 0.1) is 58.1 Å². The number of hydrogen-bond acceptors (Lipinski definition) is 14. The highest BCUT2D eigenvalue weighted by atomic mass is 16.3. The van der Waals surface area contributed by atoms with E-state index in [1.165, 1.54) is 36.6 Å². The number of H-pyrrole nitrogens is 2. The summed E-state index contributed by atoms with van der Waals surface area (Å²) in [6.07, 6.45) is 16.9. The van der Waals surface area contributed by atoms with Crippen molar-refractivity contribution in [1.82, 2.24) is 63.8 Å². The average Bonchev–Trinajstić information content (AvgIpc) is 4.34. The number of rotatable bonds is 21. The molecule has 18 nitrogen and oxygen atoms in total. The molecule has 2 aromatic carbocycles. The molecule has 432 valence electrons. The van der Waals surface area contributed by atoms with Crippen LogP contribution in [0.3, 0.4) is 0 Å². The smallest absolute Gasteiger partial charge is 0.165 e. The average molecular weight is 1100 g/mol. The summed E-state index contributed by atoms with van der Waals surface area (Å²) >= 11 is 0. The van der Waals surface area contributed by atoms with Crippen molar-refractivity contribution in [1.29, 1.82) is 0 Å². The lowest BCUT2D eigenvalue weighted by molar-refractivity contribution is -0.0180. The van der Waals surface area contributed by atoms with Crippen molar-refractivity contribution in [2.75, 3.05) is 31.1 Å². The molecule has 4 fully saturated rings. The molecular formula is C63H87N15O3. The van der Waals surface area contributed by atoms with E-state index < -0.39 is 18.3 Å². The van der Waals surface area contributed by atoms with Crippen molar-refractivity contribution in [3.05, 3.63) is 90.4 Å². The number of nitrogen functional groups attached to an aromatic ring is 2. The number of hydrogen-bond donors (Lipinski definition) is 7. The van der Waals surface area contributed by atoms with Gasteiger partial charge in [-0.05, 0) is 161 Å². The Morgan fingerprint density at radius 1 is 0.654 bits per heavy atom. The summed E-state index contributed by atoms with van der Waals surface area (Å²) in [7, 11) is 0. The Morgan fingerprint density at radius 3 is 1.83 bits per heavy atom. The lowest BCUT2D eigenvalue weighted by atomic mass is 9.73. The fourth-order valence-corrected chi connectivity index (χ4v) is 14.9. The van der Waals surface area contributed by atoms with E-state index in [1.807, 2.05) is 16.8 Å². The molecule has 8 atom stereocenters. The number of benzene rings is 2. The molecule has 6 heterocycles. The van der Waals surface area contributed by atoms with Gasteiger partial charge in [0, 0.05) is 56.2 Å². The predicted molar refractivity (Wildman–Crippen MR) is 319 cm³/mol. The van der Waals surface area contributed by atoms with Crippen LogP contribution in [0.5, 0.6) is 0 Å². The van der Waals surface area contributed by atoms with Crippen LogP contribution in [-0.4, -0.2) is 135 Å². The van der Waals surface area contributed by atoms with Gasteiger partial charge >= 0.3 is 0 Å². The minimum Gasteiger partial charge on any atom is -0.391 e. The minimum absolute atomic E-state index is 0.0162. The van der Waals surface area contributed by atoms with Gasteiger partial charge in [-0.3, -0.25) is 4.90 Å². The van der Waals surface area contributed by atoms with Crippen molar-refractivity contribution in [2.24, 2.45) is 29.6 Å². The summed E-state index contributed by atoms with van der Waals surface area (Å²) in [6.45, 7) is 21.3. The highest BCUT2D eigenvalue weighted by Crippen LogP contribution is 2.45. The monoisotopic (exact) mass is 1100 g/mol. The van der Waals surface area contributed by atoms with Gasteiger partial charge in [0.15, 0.2) is 11.5 Å². The zero-order valence-electron chi connectivity index (χ0n) is 48.9. The fraction of sp³-hybridized carbons (Fsp3) is 0.603. The van der Waals surface area contributed by atoms with Crippen LogP contribution in [0, 0.1) is 29.6 Å². The number of imidazole rings is 3. The maximum atomic E-state index is 11.4. The zero-order valence-corrected chi connectivity index (χ0v) is 48.9. The van der Waals surface area contributed by atoms with Gasteiger partial charge in [0.1, 0.15) is 47.4 Å². The molecule has 9 N–H and O–H groups in total. The Balaban J connectivity index is 0.593. The van der Waals surface area contributed by atoms with Gasteiger partial charge in [-0.15, -0.1) is 0 Å². The first-order valence-corrected chi connectivity index (χ1v) is 30.3. The molecule has 81 heavy (non-hydrogen) atoms. The molecule has 4 aliphatic carbocycles. The molecule has 0 radical (unpaired) electrons. The predicted octanol–water partition coefficient (Wildman–Crippen LogP) is 9.22. The summed E-state index contributed by atoms with van der Waals surface area (Å²) in [5.41, 5.74) is 21.0. The highest BCUT2D eigenvalue weighted by Gasteiger charge is 2.46. The number of aliphatic hydroxyl groups is 3. The van der Waals surface area contributed by atoms with Crippen LogP contribution >= 0.6 is 0 Å². The molecule has 0 amide bonds. The second-order valence-electron chi connectivity index (χ2n) is 26.8. The number of aromatic nitrogens is 11. The normalized spacial score (nSPS) is 27.3. The molecular weight excluding hydrogens is 1010 g/mol. The Bertz CT molecular complexity index is 3490. The Kier molecular flexibility index (Phi) is 15.0. The summed E-state index contributed by atoms with van der Waals surface area (Å²) in [6, 6.07) is 16.6. The first-order valence-electron chi connectivity index (χ1n) is 30.3. The molecule has 12 rings (SSSR count). The summed E-state index contributed by atoms with van der Waals surface area (Å²) in [5.74, 6) is 4.79. The molecule has 0 spiro atoms. The first kappa shape index (κ1) is 55.5. The fourth-order valence-electron chi connectivity index (χ4n) is 14.9. The second kappa shape index (κ2) is 21.9. The SMILES string of the molecule is CCN(CC1CC(n2ccc3c(N)ncnc32)C(O)C1C)C1CC(CCc2nc3ccc(C(C)(C)CCC(C)(C)c4ccc5nc(CCC6CC(N(CC7CC(n8cnc9c(N)ncnc98)C(O)C7O)C(C)C)C6)[nH]c5c4)cc3[nH]2)C1. The number of anilines is 2. The van der Waals surface area contributed by atoms with Crippen LogP contribution in [-0.2, 0) is 23.7 Å². The second-order valence-corrected chi connectivity index (χ2v) is 26.8. The third-order valence-electron chi connectivity index (χ3n) is 20.6. The van der Waals surface area contributed by atoms with Gasteiger partial charge in [-0.2, -0.15) is 0 Å². The van der Waals surface area contributed by atoms with Crippen molar-refractivity contribution < 1.29 is 15.3 Å². The van der Waals surface area contributed by atoms with Crippen LogP contribution in [0.25, 0.3) is 44.3 Å². The van der Waals surface area contributed by atoms with Gasteiger partial charge in [0.25, 0.3) is 0 Å². The Hall–Kier alpha value is -6.05. The molecule has 0 saturated heterocycles. The van der Waals surface area contributed by atoms with Crippen LogP contribution in [0.2, 0.25) is 0 Å². The Morgan fingerprint density at radius 2 is 1.22 bits per heavy atom. The van der Waals surface area contributed by atoms with E-state index in [4.69, 9.17) is 21.4 Å². The van der Waals surface area contributed by atoms with E-state index in [2.05, 4.69) is 141 Å². The van der Waals surface area contributed by atoms with Crippen LogP contribution < -0.4 is 11.5 Å². The van der Waals surface area contributed by atoms with Gasteiger partial charge in [-0.1, -0.05) is 53.7 Å². The molecule has 0 bridgehead atoms. The number of fused-ring (bicyclic) bond motifs is 4. The number of nitrogens with zero attached hydrogens (tertiary/aromatic N) is 11. The Labute approximate surface area is 476 Å². The summed E-state index contributed by atoms with van der Waals surface area (Å²) in [5, 5.41) is 34.8. The third-order valence-corrected chi connectivity index (χ3v) is 20.6. The first-order chi connectivity index (χ1) is 38.8. The number of aromatic amines is 2. The van der Waals surface area contributed by atoms with E-state index in [9.17, 15) is 15.3 Å². The van der Waals surface area contributed by atoms with E-state index >= 15 is 0 Å². The standard InChI is InChI=1S/C63H87N15O3/c1-9-75(30-39-26-50(55(79)36(39)4)76-21-18-45-58(64)66-32-68-60(45)76)43-22-37(23-43)10-16-52-71-46-14-12-41(28-48(46)73-52)62(5,6)19-20-63(7,8)42-13-15-47-49(29-42)74-53(72-47)17-11-38-24-44(25-38)77(35(2)3)31-40-27-51(57(81)56(40)80)78-34-70-54-59(65)67-33-69-61(54)78/h12-15,18,21,28-29,32-40,43-44,50-51,55-57,79-81H,9-11,16-17,19-20,22-27,30-31H2,1-8H3,(H,71,73)(H,72,74)(H2,64,66,68)(H2,65,67,69). The number of nitrogens with two attached hydrogens (primary N) is 2.